The Morgan fingerprint density at radius 2 is 1.54 bits per heavy atom. The van der Waals surface area contributed by atoms with Crippen LogP contribution in [0.2, 0.25) is 0 Å². The lowest BCUT2D eigenvalue weighted by Gasteiger charge is -2.36. The van der Waals surface area contributed by atoms with Crippen molar-refractivity contribution < 1.29 is 14.3 Å². The van der Waals surface area contributed by atoms with Gasteiger partial charge in [0.05, 0.1) is 30.7 Å². The molecule has 1 fully saturated rings. The summed E-state index contributed by atoms with van der Waals surface area (Å²) < 4.78 is 13.2. The summed E-state index contributed by atoms with van der Waals surface area (Å²) in [5.41, 5.74) is 3.07. The predicted octanol–water partition coefficient (Wildman–Crippen LogP) is 4.87. The lowest BCUT2D eigenvalue weighted by atomic mass is 10.1. The highest BCUT2D eigenvalue weighted by atomic mass is 32.1. The van der Waals surface area contributed by atoms with E-state index in [0.717, 1.165) is 18.7 Å². The standard InChI is InChI=1S/C30H32N4O4S/c1-3-37-26-18-24-25(19-27(26)38-4-2)31-30(39)34(29(24)36)20-21-10-12-22(13-11-21)28(35)33-16-14-32(15-17-33)23-8-6-5-7-9-23/h5-13,18-19H,3-4,14-17,20H2,1-2H3,(H,31,39). The molecule has 0 bridgehead atoms. The first kappa shape index (κ1) is 26.5. The number of rotatable bonds is 8. The zero-order valence-electron chi connectivity index (χ0n) is 22.2. The molecule has 4 aromatic rings. The highest BCUT2D eigenvalue weighted by molar-refractivity contribution is 7.71. The Hall–Kier alpha value is -4.11. The smallest absolute Gasteiger partial charge is 0.262 e. The Bertz CT molecular complexity index is 1570. The van der Waals surface area contributed by atoms with Crippen LogP contribution in [0.1, 0.15) is 29.8 Å². The highest BCUT2D eigenvalue weighted by Crippen LogP contribution is 2.31. The molecule has 0 radical (unpaired) electrons. The average Bonchev–Trinajstić information content (AvgIpc) is 2.97. The average molecular weight is 545 g/mol. The van der Waals surface area contributed by atoms with Gasteiger partial charge in [0.15, 0.2) is 16.3 Å². The lowest BCUT2D eigenvalue weighted by molar-refractivity contribution is 0.0747. The molecule has 3 aromatic carbocycles. The molecule has 0 aliphatic carbocycles. The minimum Gasteiger partial charge on any atom is -0.490 e. The fourth-order valence-corrected chi connectivity index (χ4v) is 5.12. The van der Waals surface area contributed by atoms with Gasteiger partial charge in [-0.2, -0.15) is 0 Å². The van der Waals surface area contributed by atoms with Crippen LogP contribution in [-0.4, -0.2) is 59.8 Å². The number of H-pyrrole nitrogens is 1. The number of piperazine rings is 1. The number of aromatic amines is 1. The molecule has 0 saturated carbocycles. The fourth-order valence-electron chi connectivity index (χ4n) is 4.87. The minimum atomic E-state index is -0.214. The summed E-state index contributed by atoms with van der Waals surface area (Å²) in [6, 6.07) is 21.1. The normalized spacial score (nSPS) is 13.5. The number of aromatic nitrogens is 2. The second-order valence-electron chi connectivity index (χ2n) is 9.34. The van der Waals surface area contributed by atoms with Crippen molar-refractivity contribution in [3.05, 3.63) is 93.0 Å². The summed E-state index contributed by atoms with van der Waals surface area (Å²) >= 11 is 5.53. The number of para-hydroxylation sites is 1. The summed E-state index contributed by atoms with van der Waals surface area (Å²) in [6.07, 6.45) is 0. The van der Waals surface area contributed by atoms with E-state index < -0.39 is 0 Å². The van der Waals surface area contributed by atoms with E-state index >= 15 is 0 Å². The molecular formula is C30H32N4O4S. The van der Waals surface area contributed by atoms with Gasteiger partial charge in [0.25, 0.3) is 11.5 Å². The number of carbonyl (C=O) groups is 1. The summed E-state index contributed by atoms with van der Waals surface area (Å²) in [4.78, 5) is 33.9. The van der Waals surface area contributed by atoms with Crippen LogP contribution < -0.4 is 19.9 Å². The molecule has 0 unspecified atom stereocenters. The Morgan fingerprint density at radius 3 is 2.18 bits per heavy atom. The van der Waals surface area contributed by atoms with Gasteiger partial charge in [-0.15, -0.1) is 0 Å². The molecular weight excluding hydrogens is 512 g/mol. The van der Waals surface area contributed by atoms with Gasteiger partial charge in [-0.3, -0.25) is 14.2 Å². The second-order valence-corrected chi connectivity index (χ2v) is 9.73. The number of ether oxygens (including phenoxy) is 2. The molecule has 1 N–H and O–H groups in total. The minimum absolute atomic E-state index is 0.0166. The van der Waals surface area contributed by atoms with Crippen LogP contribution in [0.25, 0.3) is 10.9 Å². The molecule has 1 aliphatic rings. The van der Waals surface area contributed by atoms with Gasteiger partial charge in [0.2, 0.25) is 0 Å². The van der Waals surface area contributed by atoms with Crippen molar-refractivity contribution in [2.45, 2.75) is 20.4 Å². The number of carbonyl (C=O) groups excluding carboxylic acids is 1. The summed E-state index contributed by atoms with van der Waals surface area (Å²) in [6.45, 7) is 7.94. The van der Waals surface area contributed by atoms with Crippen molar-refractivity contribution in [3.8, 4) is 11.5 Å². The zero-order valence-corrected chi connectivity index (χ0v) is 23.0. The number of fused-ring (bicyclic) bond motifs is 1. The van der Waals surface area contributed by atoms with Crippen LogP contribution in [-0.2, 0) is 6.54 Å². The maximum Gasteiger partial charge on any atom is 0.262 e. The summed E-state index contributed by atoms with van der Waals surface area (Å²) in [5.74, 6) is 1.10. The van der Waals surface area contributed by atoms with Gasteiger partial charge in [-0.25, -0.2) is 0 Å². The molecule has 8 nitrogen and oxygen atoms in total. The summed E-state index contributed by atoms with van der Waals surface area (Å²) in [7, 11) is 0. The van der Waals surface area contributed by atoms with Gasteiger partial charge in [-0.05, 0) is 62.0 Å². The number of anilines is 1. The topological polar surface area (TPSA) is 79.8 Å². The van der Waals surface area contributed by atoms with Gasteiger partial charge in [-0.1, -0.05) is 30.3 Å². The van der Waals surface area contributed by atoms with E-state index in [1.54, 1.807) is 12.1 Å². The van der Waals surface area contributed by atoms with Crippen molar-refractivity contribution in [2.75, 3.05) is 44.3 Å². The van der Waals surface area contributed by atoms with Gasteiger partial charge in [0.1, 0.15) is 0 Å². The third-order valence-corrected chi connectivity index (χ3v) is 7.20. The fraction of sp³-hybridized carbons (Fsp3) is 0.300. The van der Waals surface area contributed by atoms with Crippen LogP contribution in [0, 0.1) is 4.77 Å². The quantitative estimate of drug-likeness (QED) is 0.319. The number of hydrogen-bond donors (Lipinski definition) is 1. The molecule has 1 amide bonds. The van der Waals surface area contributed by atoms with E-state index in [9.17, 15) is 9.59 Å². The first-order chi connectivity index (χ1) is 19.0. The van der Waals surface area contributed by atoms with Crippen LogP contribution in [0.3, 0.4) is 0 Å². The zero-order chi connectivity index (χ0) is 27.4. The predicted molar refractivity (Wildman–Crippen MR) is 156 cm³/mol. The summed E-state index contributed by atoms with van der Waals surface area (Å²) in [5, 5.41) is 0.469. The van der Waals surface area contributed by atoms with Crippen molar-refractivity contribution in [3.63, 3.8) is 0 Å². The molecule has 1 aliphatic heterocycles. The molecule has 202 valence electrons. The largest absolute Gasteiger partial charge is 0.490 e. The molecule has 1 aromatic heterocycles. The van der Waals surface area contributed by atoms with Gasteiger partial charge >= 0.3 is 0 Å². The molecule has 1 saturated heterocycles. The molecule has 0 spiro atoms. The van der Waals surface area contributed by atoms with Crippen molar-refractivity contribution in [1.82, 2.24) is 14.5 Å². The van der Waals surface area contributed by atoms with Crippen molar-refractivity contribution >= 4 is 34.7 Å². The Kier molecular flexibility index (Phi) is 7.97. The second kappa shape index (κ2) is 11.7. The van der Waals surface area contributed by atoms with Crippen LogP contribution >= 0.6 is 12.2 Å². The maximum absolute atomic E-state index is 13.4. The molecule has 39 heavy (non-hydrogen) atoms. The number of benzene rings is 3. The third-order valence-electron chi connectivity index (χ3n) is 6.88. The van der Waals surface area contributed by atoms with E-state index in [4.69, 9.17) is 21.7 Å². The highest BCUT2D eigenvalue weighted by Gasteiger charge is 2.22. The van der Waals surface area contributed by atoms with Gasteiger partial charge in [0, 0.05) is 43.5 Å². The van der Waals surface area contributed by atoms with E-state index in [2.05, 4.69) is 22.0 Å². The monoisotopic (exact) mass is 544 g/mol. The number of amides is 1. The number of nitrogens with zero attached hydrogens (tertiary/aromatic N) is 3. The third kappa shape index (κ3) is 5.68. The first-order valence-electron chi connectivity index (χ1n) is 13.2. The van der Waals surface area contributed by atoms with Crippen molar-refractivity contribution in [2.24, 2.45) is 0 Å². The lowest BCUT2D eigenvalue weighted by Crippen LogP contribution is -2.48. The SMILES string of the molecule is CCOc1cc2[nH]c(=S)n(Cc3ccc(C(=O)N4CCN(c5ccccc5)CC4)cc3)c(=O)c2cc1OCC. The maximum atomic E-state index is 13.4. The van der Waals surface area contributed by atoms with E-state index in [1.165, 1.54) is 10.3 Å². The Labute approximate surface area is 232 Å². The van der Waals surface area contributed by atoms with E-state index in [0.29, 0.717) is 59.0 Å². The molecule has 5 rings (SSSR count). The molecule has 9 heteroatoms. The Morgan fingerprint density at radius 1 is 0.897 bits per heavy atom. The van der Waals surface area contributed by atoms with Crippen molar-refractivity contribution in [1.29, 1.82) is 0 Å². The van der Waals surface area contributed by atoms with E-state index in [1.807, 2.05) is 61.2 Å². The number of nitrogens with one attached hydrogen (secondary N) is 1. The molecule has 0 atom stereocenters. The van der Waals surface area contributed by atoms with Crippen LogP contribution in [0.4, 0.5) is 5.69 Å². The van der Waals surface area contributed by atoms with Crippen LogP contribution in [0.15, 0.2) is 71.5 Å². The first-order valence-corrected chi connectivity index (χ1v) is 13.6. The number of hydrogen-bond acceptors (Lipinski definition) is 6. The van der Waals surface area contributed by atoms with Crippen LogP contribution in [0.5, 0.6) is 11.5 Å². The Balaban J connectivity index is 1.31. The van der Waals surface area contributed by atoms with Gasteiger partial charge < -0.3 is 24.3 Å². The molecule has 2 heterocycles. The van der Waals surface area contributed by atoms with E-state index in [-0.39, 0.29) is 18.0 Å².